The number of methoxy groups -OCH3 is 2. The number of amides is 1. The molecule has 1 saturated heterocycles. The van der Waals surface area contributed by atoms with Gasteiger partial charge in [-0.15, -0.1) is 0 Å². The van der Waals surface area contributed by atoms with Crippen LogP contribution >= 0.6 is 15.9 Å². The molecule has 47 heavy (non-hydrogen) atoms. The number of likely N-dealkylation sites (tertiary alicyclic amines) is 1. The Labute approximate surface area is 285 Å². The molecule has 3 aromatic carbocycles. The number of benzene rings is 3. The monoisotopic (exact) mass is 708 g/mol. The van der Waals surface area contributed by atoms with Gasteiger partial charge in [-0.1, -0.05) is 42.5 Å². The van der Waals surface area contributed by atoms with Gasteiger partial charge >= 0.3 is 6.09 Å². The number of carboxylic acid groups (broad SMARTS) is 1. The molecule has 1 amide bonds. The Hall–Kier alpha value is -3.57. The van der Waals surface area contributed by atoms with E-state index in [9.17, 15) is 9.90 Å². The number of halogens is 1. The van der Waals surface area contributed by atoms with Gasteiger partial charge < -0.3 is 38.3 Å². The van der Waals surface area contributed by atoms with Crippen LogP contribution in [0.1, 0.15) is 47.4 Å². The number of ether oxygens (including phenoxy) is 5. The van der Waals surface area contributed by atoms with Crippen molar-refractivity contribution in [2.75, 3.05) is 47.1 Å². The van der Waals surface area contributed by atoms with E-state index in [4.69, 9.17) is 23.7 Å². The van der Waals surface area contributed by atoms with E-state index < -0.39 is 6.09 Å². The molecule has 4 aromatic rings. The number of aryl methyl sites for hydroxylation is 2. The first kappa shape index (κ1) is 34.8. The van der Waals surface area contributed by atoms with E-state index in [1.807, 2.05) is 36.4 Å². The predicted molar refractivity (Wildman–Crippen MR) is 186 cm³/mol. The number of aromatic nitrogens is 1. The Balaban J connectivity index is 1.18. The summed E-state index contributed by atoms with van der Waals surface area (Å²) >= 11 is 3.87. The summed E-state index contributed by atoms with van der Waals surface area (Å²) < 4.78 is 32.3. The maximum atomic E-state index is 11.9. The van der Waals surface area contributed by atoms with E-state index in [-0.39, 0.29) is 12.0 Å². The number of hydrogen-bond donors (Lipinski definition) is 1. The van der Waals surface area contributed by atoms with Crippen molar-refractivity contribution in [2.45, 2.75) is 58.0 Å². The minimum absolute atomic E-state index is 0.0608. The van der Waals surface area contributed by atoms with Gasteiger partial charge in [0, 0.05) is 60.8 Å². The lowest BCUT2D eigenvalue weighted by molar-refractivity contribution is -0.0201. The van der Waals surface area contributed by atoms with Crippen molar-refractivity contribution < 1.29 is 33.6 Å². The van der Waals surface area contributed by atoms with E-state index in [2.05, 4.69) is 57.9 Å². The van der Waals surface area contributed by atoms with Crippen molar-refractivity contribution in [1.82, 2.24) is 9.47 Å². The quantitative estimate of drug-likeness (QED) is 0.119. The van der Waals surface area contributed by atoms with Crippen LogP contribution in [0.2, 0.25) is 0 Å². The highest BCUT2D eigenvalue weighted by Crippen LogP contribution is 2.35. The van der Waals surface area contributed by atoms with Gasteiger partial charge in [0.15, 0.2) is 0 Å². The maximum absolute atomic E-state index is 11.9. The second-order valence-corrected chi connectivity index (χ2v) is 12.7. The van der Waals surface area contributed by atoms with Crippen LogP contribution in [0, 0.1) is 6.92 Å². The second-order valence-electron chi connectivity index (χ2n) is 11.9. The fourth-order valence-electron chi connectivity index (χ4n) is 6.24. The summed E-state index contributed by atoms with van der Waals surface area (Å²) in [6, 6.07) is 20.2. The Morgan fingerprint density at radius 2 is 1.77 bits per heavy atom. The zero-order chi connectivity index (χ0) is 33.2. The molecule has 1 aromatic heterocycles. The van der Waals surface area contributed by atoms with Crippen molar-refractivity contribution in [1.29, 1.82) is 0 Å². The highest BCUT2D eigenvalue weighted by molar-refractivity contribution is 9.10. The highest BCUT2D eigenvalue weighted by atomic mass is 79.9. The minimum Gasteiger partial charge on any atom is -0.496 e. The number of fused-ring (bicyclic) bond motifs is 1. The van der Waals surface area contributed by atoms with E-state index in [1.165, 1.54) is 15.8 Å². The maximum Gasteiger partial charge on any atom is 0.407 e. The zero-order valence-electron chi connectivity index (χ0n) is 27.5. The first-order chi connectivity index (χ1) is 22.9. The van der Waals surface area contributed by atoms with Gasteiger partial charge in [0.05, 0.1) is 51.7 Å². The molecule has 2 unspecified atom stereocenters. The number of para-hydroxylation sites is 1. The lowest BCUT2D eigenvalue weighted by atomic mass is 9.87. The van der Waals surface area contributed by atoms with Crippen LogP contribution in [-0.2, 0) is 34.0 Å². The number of rotatable bonds is 16. The fourth-order valence-corrected chi connectivity index (χ4v) is 6.93. The average Bonchev–Trinajstić information content (AvgIpc) is 3.41. The molecule has 0 aliphatic carbocycles. The van der Waals surface area contributed by atoms with Crippen molar-refractivity contribution in [2.24, 2.45) is 0 Å². The SMILES string of the molecule is COCCCn1cc(C)c2ccc(COC3CN(C(=O)O)CCC3c3ccc(OCCCOCc4ccccc4OC)cc3)c(Br)c21. The van der Waals surface area contributed by atoms with Crippen LogP contribution in [0.4, 0.5) is 4.79 Å². The smallest absolute Gasteiger partial charge is 0.407 e. The molecule has 10 heteroatoms. The summed E-state index contributed by atoms with van der Waals surface area (Å²) in [6.45, 7) is 6.47. The van der Waals surface area contributed by atoms with Gasteiger partial charge in [0.1, 0.15) is 11.5 Å². The van der Waals surface area contributed by atoms with E-state index in [0.29, 0.717) is 52.5 Å². The zero-order valence-corrected chi connectivity index (χ0v) is 29.0. The van der Waals surface area contributed by atoms with Gasteiger partial charge in [-0.05, 0) is 70.6 Å². The number of carbonyl (C=O) groups is 1. The van der Waals surface area contributed by atoms with Gasteiger partial charge in [-0.2, -0.15) is 0 Å². The van der Waals surface area contributed by atoms with Crippen molar-refractivity contribution in [3.8, 4) is 11.5 Å². The van der Waals surface area contributed by atoms with E-state index in [0.717, 1.165) is 57.6 Å². The number of hydrogen-bond acceptors (Lipinski definition) is 6. The van der Waals surface area contributed by atoms with Gasteiger partial charge in [0.25, 0.3) is 0 Å². The third kappa shape index (κ3) is 8.87. The summed E-state index contributed by atoms with van der Waals surface area (Å²) in [5.41, 5.74) is 5.54. The van der Waals surface area contributed by atoms with Gasteiger partial charge in [-0.3, -0.25) is 0 Å². The van der Waals surface area contributed by atoms with Crippen LogP contribution in [-0.4, -0.2) is 73.9 Å². The molecule has 1 N–H and O–H groups in total. The fraction of sp³-hybridized carbons (Fsp3) is 0.432. The third-order valence-corrected chi connectivity index (χ3v) is 9.63. The molecule has 2 atom stereocenters. The van der Waals surface area contributed by atoms with E-state index >= 15 is 0 Å². The highest BCUT2D eigenvalue weighted by Gasteiger charge is 2.33. The Bertz CT molecular complexity index is 1610. The van der Waals surface area contributed by atoms with Crippen LogP contribution in [0.25, 0.3) is 10.9 Å². The van der Waals surface area contributed by atoms with Crippen LogP contribution in [0.3, 0.4) is 0 Å². The standard InChI is InChI=1S/C37H45BrN2O7/c1-26-22-39(17-6-19-43-2)36-31(26)15-12-29(35(36)38)25-47-34-23-40(37(41)42)18-16-32(34)27-10-13-30(14-11-27)46-21-7-20-45-24-28-8-4-5-9-33(28)44-3/h4-5,8-15,22,32,34H,6-7,16-21,23-25H2,1-3H3,(H,41,42). The second kappa shape index (κ2) is 17.0. The molecule has 0 bridgehead atoms. The summed E-state index contributed by atoms with van der Waals surface area (Å²) in [7, 11) is 3.39. The summed E-state index contributed by atoms with van der Waals surface area (Å²) in [5.74, 6) is 1.68. The van der Waals surface area contributed by atoms with Crippen LogP contribution in [0.15, 0.2) is 71.3 Å². The molecule has 0 saturated carbocycles. The number of nitrogens with zero attached hydrogens (tertiary/aromatic N) is 2. The minimum atomic E-state index is -0.917. The lowest BCUT2D eigenvalue weighted by Crippen LogP contribution is -2.46. The average molecular weight is 710 g/mol. The molecule has 1 aliphatic heterocycles. The Kier molecular flexibility index (Phi) is 12.6. The normalized spacial score (nSPS) is 16.5. The largest absolute Gasteiger partial charge is 0.496 e. The Morgan fingerprint density at radius 1 is 0.957 bits per heavy atom. The molecule has 0 spiro atoms. The first-order valence-electron chi connectivity index (χ1n) is 16.2. The molecule has 0 radical (unpaired) electrons. The molecule has 252 valence electrons. The molecule has 2 heterocycles. The van der Waals surface area contributed by atoms with Crippen LogP contribution in [0.5, 0.6) is 11.5 Å². The summed E-state index contributed by atoms with van der Waals surface area (Å²) in [6.07, 6.45) is 3.35. The molecule has 5 rings (SSSR count). The first-order valence-corrected chi connectivity index (χ1v) is 17.0. The van der Waals surface area contributed by atoms with Gasteiger partial charge in [-0.25, -0.2) is 4.79 Å². The molecular formula is C37H45BrN2O7. The summed E-state index contributed by atoms with van der Waals surface area (Å²) in [5, 5.41) is 11.0. The predicted octanol–water partition coefficient (Wildman–Crippen LogP) is 7.80. The van der Waals surface area contributed by atoms with Crippen LogP contribution < -0.4 is 9.47 Å². The molecule has 1 aliphatic rings. The van der Waals surface area contributed by atoms with E-state index in [1.54, 1.807) is 14.2 Å². The molecule has 1 fully saturated rings. The Morgan fingerprint density at radius 3 is 2.53 bits per heavy atom. The number of piperidine rings is 1. The van der Waals surface area contributed by atoms with Crippen molar-refractivity contribution in [3.05, 3.63) is 93.6 Å². The lowest BCUT2D eigenvalue weighted by Gasteiger charge is -2.37. The van der Waals surface area contributed by atoms with Crippen molar-refractivity contribution in [3.63, 3.8) is 0 Å². The van der Waals surface area contributed by atoms with Crippen molar-refractivity contribution >= 4 is 32.9 Å². The summed E-state index contributed by atoms with van der Waals surface area (Å²) in [4.78, 5) is 13.4. The van der Waals surface area contributed by atoms with Gasteiger partial charge in [0.2, 0.25) is 0 Å². The third-order valence-electron chi connectivity index (χ3n) is 8.75. The molecular weight excluding hydrogens is 664 g/mol. The molecule has 9 nitrogen and oxygen atoms in total. The topological polar surface area (TPSA) is 91.6 Å².